The van der Waals surface area contributed by atoms with E-state index in [4.69, 9.17) is 4.42 Å². The highest BCUT2D eigenvalue weighted by Gasteiger charge is 2.34. The number of hydrogen-bond donors (Lipinski definition) is 0. The Kier molecular flexibility index (Phi) is 6.85. The van der Waals surface area contributed by atoms with E-state index in [0.29, 0.717) is 12.3 Å². The Hall–Kier alpha value is -2.28. The molecule has 7 heteroatoms. The molecule has 0 fully saturated rings. The van der Waals surface area contributed by atoms with Crippen LogP contribution in [0.4, 0.5) is 13.2 Å². The summed E-state index contributed by atoms with van der Waals surface area (Å²) in [5.74, 6) is -0.259. The monoisotopic (exact) mass is 368 g/mol. The van der Waals surface area contributed by atoms with Gasteiger partial charge in [-0.15, -0.1) is 0 Å². The van der Waals surface area contributed by atoms with E-state index in [0.717, 1.165) is 10.5 Å². The van der Waals surface area contributed by atoms with E-state index in [2.05, 4.69) is 0 Å². The first-order valence-corrected chi connectivity index (χ1v) is 8.39. The zero-order valence-corrected chi connectivity index (χ0v) is 14.9. The van der Waals surface area contributed by atoms with Gasteiger partial charge in [-0.2, -0.15) is 13.2 Å². The summed E-state index contributed by atoms with van der Waals surface area (Å²) < 4.78 is 43.8. The second kappa shape index (κ2) is 8.89. The van der Waals surface area contributed by atoms with Crippen LogP contribution in [0.15, 0.2) is 53.1 Å². The van der Waals surface area contributed by atoms with Crippen molar-refractivity contribution < 1.29 is 22.4 Å². The van der Waals surface area contributed by atoms with Gasteiger partial charge in [-0.1, -0.05) is 30.3 Å². The van der Waals surface area contributed by atoms with Crippen molar-refractivity contribution in [2.75, 3.05) is 13.1 Å². The lowest BCUT2D eigenvalue weighted by atomic mass is 10.2. The van der Waals surface area contributed by atoms with Crippen molar-refractivity contribution in [3.05, 3.63) is 60.1 Å². The molecule has 1 amide bonds. The Labute approximate surface area is 151 Å². The number of hydrogen-bond acceptors (Lipinski definition) is 3. The molecule has 0 saturated heterocycles. The molecule has 0 radical (unpaired) electrons. The molecule has 0 aliphatic rings. The topological polar surface area (TPSA) is 36.7 Å². The van der Waals surface area contributed by atoms with Gasteiger partial charge in [0.05, 0.1) is 19.4 Å². The van der Waals surface area contributed by atoms with Crippen LogP contribution >= 0.6 is 0 Å². The molecule has 1 aromatic heterocycles. The van der Waals surface area contributed by atoms with E-state index < -0.39 is 18.6 Å². The standard InChI is InChI=1S/C19H23F3N2O2/c1-15(2)23(11-16-7-4-3-5-8-16)13-18(25)24(14-19(20,21)22)12-17-9-6-10-26-17/h3-10,15H,11-14H2,1-2H3. The third-order valence-electron chi connectivity index (χ3n) is 3.95. The largest absolute Gasteiger partial charge is 0.467 e. The van der Waals surface area contributed by atoms with Crippen molar-refractivity contribution in [2.24, 2.45) is 0 Å². The van der Waals surface area contributed by atoms with E-state index in [-0.39, 0.29) is 19.1 Å². The number of halogens is 3. The van der Waals surface area contributed by atoms with Gasteiger partial charge in [-0.25, -0.2) is 0 Å². The van der Waals surface area contributed by atoms with E-state index in [9.17, 15) is 18.0 Å². The summed E-state index contributed by atoms with van der Waals surface area (Å²) >= 11 is 0. The fourth-order valence-corrected chi connectivity index (χ4v) is 2.55. The van der Waals surface area contributed by atoms with E-state index in [1.807, 2.05) is 49.1 Å². The van der Waals surface area contributed by atoms with Crippen LogP contribution in [0.1, 0.15) is 25.2 Å². The lowest BCUT2D eigenvalue weighted by molar-refractivity contribution is -0.163. The highest BCUT2D eigenvalue weighted by atomic mass is 19.4. The van der Waals surface area contributed by atoms with Crippen molar-refractivity contribution in [1.29, 1.82) is 0 Å². The van der Waals surface area contributed by atoms with Crippen molar-refractivity contribution in [3.8, 4) is 0 Å². The molecule has 0 aliphatic carbocycles. The minimum atomic E-state index is -4.47. The first kappa shape index (κ1) is 20.0. The second-order valence-electron chi connectivity index (χ2n) is 6.43. The summed E-state index contributed by atoms with van der Waals surface area (Å²) in [7, 11) is 0. The number of furan rings is 1. The highest BCUT2D eigenvalue weighted by molar-refractivity contribution is 5.78. The van der Waals surface area contributed by atoms with Crippen LogP contribution in [0, 0.1) is 0 Å². The summed E-state index contributed by atoms with van der Waals surface area (Å²) in [5.41, 5.74) is 1.00. The Morgan fingerprint density at radius 2 is 1.77 bits per heavy atom. The molecular weight excluding hydrogens is 345 g/mol. The van der Waals surface area contributed by atoms with E-state index in [1.165, 1.54) is 6.26 Å². The molecule has 0 spiro atoms. The molecule has 2 aromatic rings. The van der Waals surface area contributed by atoms with Crippen molar-refractivity contribution in [3.63, 3.8) is 0 Å². The van der Waals surface area contributed by atoms with Gasteiger partial charge in [0.2, 0.25) is 5.91 Å². The fourth-order valence-electron chi connectivity index (χ4n) is 2.55. The molecule has 1 aromatic carbocycles. The number of carbonyl (C=O) groups excluding carboxylic acids is 1. The lowest BCUT2D eigenvalue weighted by Gasteiger charge is -2.30. The molecule has 0 bridgehead atoms. The normalized spacial score (nSPS) is 12.0. The summed E-state index contributed by atoms with van der Waals surface area (Å²) in [5, 5.41) is 0. The number of benzene rings is 1. The van der Waals surface area contributed by atoms with Gasteiger partial charge >= 0.3 is 6.18 Å². The quantitative estimate of drug-likeness (QED) is 0.704. The maximum absolute atomic E-state index is 12.9. The summed E-state index contributed by atoms with van der Waals surface area (Å²) in [4.78, 5) is 15.2. The van der Waals surface area contributed by atoms with Crippen LogP contribution in [0.3, 0.4) is 0 Å². The van der Waals surface area contributed by atoms with Gasteiger partial charge in [0, 0.05) is 12.6 Å². The zero-order chi connectivity index (χ0) is 19.2. The molecule has 0 N–H and O–H groups in total. The average molecular weight is 368 g/mol. The molecule has 0 unspecified atom stereocenters. The molecule has 1 heterocycles. The smallest absolute Gasteiger partial charge is 0.406 e. The van der Waals surface area contributed by atoms with E-state index >= 15 is 0 Å². The van der Waals surface area contributed by atoms with Crippen molar-refractivity contribution >= 4 is 5.91 Å². The third-order valence-corrected chi connectivity index (χ3v) is 3.95. The Morgan fingerprint density at radius 1 is 1.08 bits per heavy atom. The van der Waals surface area contributed by atoms with Crippen LogP contribution in [0.2, 0.25) is 0 Å². The maximum Gasteiger partial charge on any atom is 0.406 e. The number of carbonyl (C=O) groups is 1. The molecule has 0 aliphatic heterocycles. The Balaban J connectivity index is 2.09. The SMILES string of the molecule is CC(C)N(CC(=O)N(Cc1ccco1)CC(F)(F)F)Cc1ccccc1. The number of nitrogens with zero attached hydrogens (tertiary/aromatic N) is 2. The van der Waals surface area contributed by atoms with Gasteiger partial charge in [0.1, 0.15) is 12.3 Å². The fraction of sp³-hybridized carbons (Fsp3) is 0.421. The van der Waals surface area contributed by atoms with Gasteiger partial charge in [-0.3, -0.25) is 9.69 Å². The predicted molar refractivity (Wildman–Crippen MR) is 92.2 cm³/mol. The third kappa shape index (κ3) is 6.55. The molecule has 26 heavy (non-hydrogen) atoms. The first-order chi connectivity index (χ1) is 12.2. The summed E-state index contributed by atoms with van der Waals surface area (Å²) in [6.45, 7) is 2.72. The predicted octanol–water partition coefficient (Wildman–Crippen LogP) is 4.08. The molecule has 4 nitrogen and oxygen atoms in total. The van der Waals surface area contributed by atoms with Crippen molar-refractivity contribution in [2.45, 2.75) is 39.2 Å². The van der Waals surface area contributed by atoms with Crippen LogP contribution in [0.5, 0.6) is 0 Å². The second-order valence-corrected chi connectivity index (χ2v) is 6.43. The Bertz CT molecular complexity index is 670. The molecule has 0 atom stereocenters. The number of rotatable bonds is 8. The zero-order valence-electron chi connectivity index (χ0n) is 14.9. The van der Waals surface area contributed by atoms with Crippen LogP contribution < -0.4 is 0 Å². The summed E-state index contributed by atoms with van der Waals surface area (Å²) in [6.07, 6.45) is -3.09. The van der Waals surface area contributed by atoms with Crippen LogP contribution in [0.25, 0.3) is 0 Å². The Morgan fingerprint density at radius 3 is 2.31 bits per heavy atom. The van der Waals surface area contributed by atoms with Gasteiger partial charge in [0.25, 0.3) is 0 Å². The average Bonchev–Trinajstić information content (AvgIpc) is 3.06. The number of alkyl halides is 3. The lowest BCUT2D eigenvalue weighted by Crippen LogP contribution is -2.45. The number of amides is 1. The highest BCUT2D eigenvalue weighted by Crippen LogP contribution is 2.19. The summed E-state index contributed by atoms with van der Waals surface area (Å²) in [6, 6.07) is 12.7. The van der Waals surface area contributed by atoms with Crippen LogP contribution in [-0.2, 0) is 17.9 Å². The molecule has 0 saturated carbocycles. The molecule has 2 rings (SSSR count). The van der Waals surface area contributed by atoms with Gasteiger partial charge in [0.15, 0.2) is 0 Å². The first-order valence-electron chi connectivity index (χ1n) is 8.39. The van der Waals surface area contributed by atoms with Crippen molar-refractivity contribution in [1.82, 2.24) is 9.80 Å². The van der Waals surface area contributed by atoms with Gasteiger partial charge in [-0.05, 0) is 31.5 Å². The molecule has 142 valence electrons. The molecular formula is C19H23F3N2O2. The van der Waals surface area contributed by atoms with Crippen LogP contribution in [-0.4, -0.2) is 41.0 Å². The van der Waals surface area contributed by atoms with Gasteiger partial charge < -0.3 is 9.32 Å². The van der Waals surface area contributed by atoms with E-state index in [1.54, 1.807) is 12.1 Å². The minimum Gasteiger partial charge on any atom is -0.467 e. The minimum absolute atomic E-state index is 0.00973. The maximum atomic E-state index is 12.9.